The largest absolute Gasteiger partial charge is 0.449 e. The van der Waals surface area contributed by atoms with Crippen LogP contribution in [0.5, 0.6) is 0 Å². The highest BCUT2D eigenvalue weighted by Gasteiger charge is 2.39. The van der Waals surface area contributed by atoms with Gasteiger partial charge < -0.3 is 10.1 Å². The van der Waals surface area contributed by atoms with Gasteiger partial charge in [-0.2, -0.15) is 0 Å². The Morgan fingerprint density at radius 2 is 1.44 bits per heavy atom. The molecule has 8 heteroatoms. The molecular weight excluding hydrogens is 481 g/mol. The van der Waals surface area contributed by atoms with Crippen LogP contribution < -0.4 is 5.32 Å². The maximum Gasteiger partial charge on any atom is 0.406 e. The number of carbonyl (C=O) groups excluding carboxylic acids is 1. The molecule has 1 fully saturated rings. The van der Waals surface area contributed by atoms with Gasteiger partial charge in [-0.15, -0.1) is 0 Å². The van der Waals surface area contributed by atoms with Crippen LogP contribution >= 0.6 is 23.2 Å². The first-order valence-electron chi connectivity index (χ1n) is 10.9. The number of nitrogens with one attached hydrogen (secondary N) is 1. The predicted octanol–water partition coefficient (Wildman–Crippen LogP) is 6.43. The summed E-state index contributed by atoms with van der Waals surface area (Å²) in [5, 5.41) is 3.71. The molecule has 1 aliphatic rings. The van der Waals surface area contributed by atoms with Gasteiger partial charge in [0.25, 0.3) is 0 Å². The van der Waals surface area contributed by atoms with Crippen LogP contribution in [0, 0.1) is 17.6 Å². The molecular formula is C26H24Cl2F2N2O2. The van der Waals surface area contributed by atoms with E-state index in [9.17, 15) is 13.6 Å². The van der Waals surface area contributed by atoms with Gasteiger partial charge in [0.15, 0.2) is 0 Å². The second kappa shape index (κ2) is 10.7. The smallest absolute Gasteiger partial charge is 0.406 e. The van der Waals surface area contributed by atoms with E-state index < -0.39 is 17.7 Å². The first kappa shape index (κ1) is 24.5. The molecule has 0 bridgehead atoms. The van der Waals surface area contributed by atoms with Crippen LogP contribution in [-0.2, 0) is 4.74 Å². The van der Waals surface area contributed by atoms with Gasteiger partial charge in [-0.25, -0.2) is 13.6 Å². The van der Waals surface area contributed by atoms with E-state index in [1.54, 1.807) is 0 Å². The summed E-state index contributed by atoms with van der Waals surface area (Å²) in [5.74, 6) is -1.63. The first-order valence-corrected chi connectivity index (χ1v) is 11.6. The summed E-state index contributed by atoms with van der Waals surface area (Å²) in [7, 11) is 1.47. The second-order valence-corrected chi connectivity index (χ2v) is 9.25. The van der Waals surface area contributed by atoms with Crippen molar-refractivity contribution >= 4 is 29.3 Å². The van der Waals surface area contributed by atoms with Crippen LogP contribution in [-0.4, -0.2) is 37.7 Å². The van der Waals surface area contributed by atoms with Gasteiger partial charge in [0, 0.05) is 42.2 Å². The average molecular weight is 505 g/mol. The molecule has 1 heterocycles. The van der Waals surface area contributed by atoms with E-state index in [1.807, 2.05) is 48.5 Å². The van der Waals surface area contributed by atoms with E-state index in [-0.39, 0.29) is 24.5 Å². The number of nitrogens with zero attached hydrogens (tertiary/aromatic N) is 1. The number of hydrogen-bond donors (Lipinski definition) is 1. The number of benzene rings is 3. The average Bonchev–Trinajstić information content (AvgIpc) is 2.78. The molecule has 1 amide bonds. The highest BCUT2D eigenvalue weighted by Crippen LogP contribution is 2.40. The van der Waals surface area contributed by atoms with Crippen LogP contribution in [0.15, 0.2) is 66.7 Å². The number of halogens is 4. The van der Waals surface area contributed by atoms with Crippen molar-refractivity contribution in [3.63, 3.8) is 0 Å². The third kappa shape index (κ3) is 5.69. The summed E-state index contributed by atoms with van der Waals surface area (Å²) in [4.78, 5) is 14.0. The summed E-state index contributed by atoms with van der Waals surface area (Å²) < 4.78 is 33.2. The Hall–Kier alpha value is -2.67. The van der Waals surface area contributed by atoms with Gasteiger partial charge in [0.1, 0.15) is 18.2 Å². The number of hydrogen-bond acceptors (Lipinski definition) is 3. The number of likely N-dealkylation sites (tertiary alicyclic amines) is 1. The Bertz CT molecular complexity index is 1070. The molecule has 0 spiro atoms. The Labute approximate surface area is 207 Å². The molecule has 34 heavy (non-hydrogen) atoms. The number of alkyl carbamates (subject to hydrolysis) is 1. The van der Waals surface area contributed by atoms with Crippen LogP contribution in [0.25, 0.3) is 0 Å². The standard InChI is InChI=1S/C26H24Cl2F2N2O2/c1-31-26(33)34-15-24(18-10-22(29)12-23(30)11-18)19-13-32(14-19)25(16-2-6-20(27)7-3-16)17-4-8-21(28)9-5-17/h2-12,19,24-25H,13-15H2,1H3,(H,31,33). The van der Waals surface area contributed by atoms with Crippen molar-refractivity contribution in [1.29, 1.82) is 0 Å². The van der Waals surface area contributed by atoms with E-state index in [2.05, 4.69) is 10.2 Å². The zero-order chi connectivity index (χ0) is 24.2. The third-order valence-corrected chi connectivity index (χ3v) is 6.66. The molecule has 4 rings (SSSR count). The minimum absolute atomic E-state index is 0.0215. The van der Waals surface area contributed by atoms with Crippen molar-refractivity contribution in [1.82, 2.24) is 10.2 Å². The van der Waals surface area contributed by atoms with Gasteiger partial charge in [0.2, 0.25) is 0 Å². The Morgan fingerprint density at radius 1 is 0.941 bits per heavy atom. The van der Waals surface area contributed by atoms with Crippen molar-refractivity contribution in [2.45, 2.75) is 12.0 Å². The fourth-order valence-electron chi connectivity index (χ4n) is 4.45. The van der Waals surface area contributed by atoms with Crippen molar-refractivity contribution in [3.8, 4) is 0 Å². The molecule has 1 atom stereocenters. The quantitative estimate of drug-likeness (QED) is 0.402. The van der Waals surface area contributed by atoms with Crippen molar-refractivity contribution in [3.05, 3.63) is 105 Å². The minimum atomic E-state index is -0.656. The van der Waals surface area contributed by atoms with Crippen molar-refractivity contribution in [2.24, 2.45) is 5.92 Å². The van der Waals surface area contributed by atoms with Crippen LogP contribution in [0.3, 0.4) is 0 Å². The van der Waals surface area contributed by atoms with E-state index in [4.69, 9.17) is 27.9 Å². The molecule has 3 aromatic rings. The van der Waals surface area contributed by atoms with E-state index in [0.29, 0.717) is 28.7 Å². The van der Waals surface area contributed by atoms with Crippen molar-refractivity contribution in [2.75, 3.05) is 26.7 Å². The molecule has 1 aliphatic heterocycles. The SMILES string of the molecule is CNC(=O)OCC(c1cc(F)cc(F)c1)C1CN(C(c2ccc(Cl)cc2)c2ccc(Cl)cc2)C1. The summed E-state index contributed by atoms with van der Waals surface area (Å²) in [6.07, 6.45) is -0.585. The molecule has 0 aromatic heterocycles. The fraction of sp³-hybridized carbons (Fsp3) is 0.269. The maximum atomic E-state index is 14.0. The number of amides is 1. The molecule has 0 saturated carbocycles. The Kier molecular flexibility index (Phi) is 7.71. The number of carbonyl (C=O) groups is 1. The minimum Gasteiger partial charge on any atom is -0.449 e. The summed E-state index contributed by atoms with van der Waals surface area (Å²) in [6.45, 7) is 1.32. The summed E-state index contributed by atoms with van der Waals surface area (Å²) >= 11 is 12.2. The number of rotatable bonds is 7. The van der Waals surface area contributed by atoms with E-state index >= 15 is 0 Å². The fourth-order valence-corrected chi connectivity index (χ4v) is 4.70. The lowest BCUT2D eigenvalue weighted by atomic mass is 9.79. The molecule has 0 radical (unpaired) electrons. The Balaban J connectivity index is 1.59. The molecule has 0 aliphatic carbocycles. The lowest BCUT2D eigenvalue weighted by molar-refractivity contribution is 0.0322. The Morgan fingerprint density at radius 3 is 1.91 bits per heavy atom. The maximum absolute atomic E-state index is 14.0. The highest BCUT2D eigenvalue weighted by molar-refractivity contribution is 6.30. The lowest BCUT2D eigenvalue weighted by Gasteiger charge is -2.47. The number of ether oxygens (including phenoxy) is 1. The zero-order valence-electron chi connectivity index (χ0n) is 18.5. The lowest BCUT2D eigenvalue weighted by Crippen LogP contribution is -2.51. The van der Waals surface area contributed by atoms with Crippen LogP contribution in [0.4, 0.5) is 13.6 Å². The molecule has 1 N–H and O–H groups in total. The van der Waals surface area contributed by atoms with Gasteiger partial charge in [0.05, 0.1) is 6.04 Å². The normalized spacial score (nSPS) is 15.1. The monoisotopic (exact) mass is 504 g/mol. The second-order valence-electron chi connectivity index (χ2n) is 8.38. The van der Waals surface area contributed by atoms with Gasteiger partial charge >= 0.3 is 6.09 Å². The molecule has 1 unspecified atom stereocenters. The molecule has 4 nitrogen and oxygen atoms in total. The zero-order valence-corrected chi connectivity index (χ0v) is 20.0. The van der Waals surface area contributed by atoms with Crippen LogP contribution in [0.1, 0.15) is 28.7 Å². The predicted molar refractivity (Wildman–Crippen MR) is 129 cm³/mol. The van der Waals surface area contributed by atoms with E-state index in [0.717, 1.165) is 17.2 Å². The topological polar surface area (TPSA) is 41.6 Å². The highest BCUT2D eigenvalue weighted by atomic mass is 35.5. The van der Waals surface area contributed by atoms with Crippen LogP contribution in [0.2, 0.25) is 10.0 Å². The van der Waals surface area contributed by atoms with E-state index in [1.165, 1.54) is 19.2 Å². The van der Waals surface area contributed by atoms with Gasteiger partial charge in [-0.05, 0) is 59.0 Å². The molecule has 178 valence electrons. The first-order chi connectivity index (χ1) is 16.3. The van der Waals surface area contributed by atoms with Gasteiger partial charge in [-0.3, -0.25) is 4.90 Å². The third-order valence-electron chi connectivity index (χ3n) is 6.15. The summed E-state index contributed by atoms with van der Waals surface area (Å²) in [5.41, 5.74) is 2.61. The summed E-state index contributed by atoms with van der Waals surface area (Å²) in [6, 6.07) is 18.8. The molecule has 1 saturated heterocycles. The molecule has 3 aromatic carbocycles. The van der Waals surface area contributed by atoms with Gasteiger partial charge in [-0.1, -0.05) is 47.5 Å². The van der Waals surface area contributed by atoms with Crippen molar-refractivity contribution < 1.29 is 18.3 Å².